The minimum atomic E-state index is 0.153. The van der Waals surface area contributed by atoms with Crippen LogP contribution in [0.3, 0.4) is 0 Å². The molecule has 1 fully saturated rings. The molecule has 2 aromatic heterocycles. The molecule has 0 spiro atoms. The van der Waals surface area contributed by atoms with Crippen molar-refractivity contribution in [3.05, 3.63) is 42.7 Å². The smallest absolute Gasteiger partial charge is 0.165 e. The standard InChI is InChI=1S/C18H20N4O2/c1-24-15-6-2-4-13(10-15)16-11-20-22-17(7-8-19-18(16)22)21-9-3-5-14(21)12-23/h2,4,6-8,10-11,14,23H,3,5,9,12H2,1H3/t14-/m0/s1. The normalized spacial score (nSPS) is 17.6. The Morgan fingerprint density at radius 2 is 2.25 bits per heavy atom. The zero-order valence-electron chi connectivity index (χ0n) is 13.6. The maximum Gasteiger partial charge on any atom is 0.165 e. The number of methoxy groups -OCH3 is 1. The molecule has 1 saturated heterocycles. The van der Waals surface area contributed by atoms with Crippen LogP contribution in [0.25, 0.3) is 16.8 Å². The molecule has 3 aromatic rings. The van der Waals surface area contributed by atoms with Crippen LogP contribution in [0.5, 0.6) is 5.75 Å². The summed E-state index contributed by atoms with van der Waals surface area (Å²) in [6.45, 7) is 1.09. The van der Waals surface area contributed by atoms with Gasteiger partial charge in [-0.3, -0.25) is 0 Å². The summed E-state index contributed by atoms with van der Waals surface area (Å²) < 4.78 is 7.18. The lowest BCUT2D eigenvalue weighted by molar-refractivity contribution is 0.265. The summed E-state index contributed by atoms with van der Waals surface area (Å²) in [5.41, 5.74) is 2.80. The molecule has 6 heteroatoms. The van der Waals surface area contributed by atoms with E-state index in [1.54, 1.807) is 7.11 Å². The number of nitrogens with zero attached hydrogens (tertiary/aromatic N) is 4. The van der Waals surface area contributed by atoms with Crippen molar-refractivity contribution in [3.63, 3.8) is 0 Å². The Bertz CT molecular complexity index is 861. The summed E-state index contributed by atoms with van der Waals surface area (Å²) in [6, 6.07) is 10.0. The van der Waals surface area contributed by atoms with Crippen LogP contribution in [0.2, 0.25) is 0 Å². The van der Waals surface area contributed by atoms with E-state index < -0.39 is 0 Å². The SMILES string of the molecule is COc1cccc(-c2cnn3c(N4CCC[C@H]4CO)ccnc23)c1. The molecule has 124 valence electrons. The van der Waals surface area contributed by atoms with Crippen LogP contribution < -0.4 is 9.64 Å². The van der Waals surface area contributed by atoms with Crippen molar-refractivity contribution >= 4 is 11.5 Å². The van der Waals surface area contributed by atoms with E-state index in [9.17, 15) is 5.11 Å². The van der Waals surface area contributed by atoms with Gasteiger partial charge in [-0.05, 0) is 36.6 Å². The van der Waals surface area contributed by atoms with E-state index in [0.717, 1.165) is 47.7 Å². The van der Waals surface area contributed by atoms with Gasteiger partial charge >= 0.3 is 0 Å². The molecule has 0 unspecified atom stereocenters. The zero-order valence-corrected chi connectivity index (χ0v) is 13.6. The van der Waals surface area contributed by atoms with Crippen LogP contribution in [0.15, 0.2) is 42.7 Å². The molecule has 1 aromatic carbocycles. The molecule has 3 heterocycles. The van der Waals surface area contributed by atoms with Gasteiger partial charge in [0, 0.05) is 18.3 Å². The molecular weight excluding hydrogens is 304 g/mol. The Morgan fingerprint density at radius 1 is 1.33 bits per heavy atom. The summed E-state index contributed by atoms with van der Waals surface area (Å²) >= 11 is 0. The van der Waals surface area contributed by atoms with Crippen LogP contribution in [0.4, 0.5) is 5.82 Å². The van der Waals surface area contributed by atoms with Crippen molar-refractivity contribution in [1.29, 1.82) is 0 Å². The molecule has 0 bridgehead atoms. The van der Waals surface area contributed by atoms with Gasteiger partial charge in [-0.1, -0.05) is 12.1 Å². The molecule has 0 saturated carbocycles. The van der Waals surface area contributed by atoms with Crippen molar-refractivity contribution in [2.24, 2.45) is 0 Å². The summed E-state index contributed by atoms with van der Waals surface area (Å²) in [6.07, 6.45) is 5.73. The summed E-state index contributed by atoms with van der Waals surface area (Å²) in [4.78, 5) is 6.75. The number of aliphatic hydroxyl groups excluding tert-OH is 1. The Balaban J connectivity index is 1.81. The van der Waals surface area contributed by atoms with Crippen LogP contribution >= 0.6 is 0 Å². The van der Waals surface area contributed by atoms with Gasteiger partial charge in [-0.2, -0.15) is 9.61 Å². The number of ether oxygens (including phenoxy) is 1. The molecular formula is C18H20N4O2. The van der Waals surface area contributed by atoms with Crippen LogP contribution in [-0.4, -0.2) is 46.0 Å². The van der Waals surface area contributed by atoms with Crippen LogP contribution in [0.1, 0.15) is 12.8 Å². The maximum absolute atomic E-state index is 9.61. The zero-order chi connectivity index (χ0) is 16.5. The quantitative estimate of drug-likeness (QED) is 0.798. The highest BCUT2D eigenvalue weighted by molar-refractivity contribution is 5.78. The Hall–Kier alpha value is -2.60. The third-order valence-corrected chi connectivity index (χ3v) is 4.64. The average molecular weight is 324 g/mol. The fourth-order valence-electron chi connectivity index (χ4n) is 3.42. The van der Waals surface area contributed by atoms with E-state index in [-0.39, 0.29) is 12.6 Å². The molecule has 0 radical (unpaired) electrons. The second-order valence-electron chi connectivity index (χ2n) is 6.00. The van der Waals surface area contributed by atoms with Gasteiger partial charge in [0.25, 0.3) is 0 Å². The Labute approximate surface area is 140 Å². The number of hydrogen-bond acceptors (Lipinski definition) is 5. The summed E-state index contributed by atoms with van der Waals surface area (Å²) in [5, 5.41) is 14.2. The van der Waals surface area contributed by atoms with Gasteiger partial charge in [-0.25, -0.2) is 4.98 Å². The minimum Gasteiger partial charge on any atom is -0.497 e. The third-order valence-electron chi connectivity index (χ3n) is 4.64. The summed E-state index contributed by atoms with van der Waals surface area (Å²) in [5.74, 6) is 1.79. The van der Waals surface area contributed by atoms with E-state index in [2.05, 4.69) is 15.0 Å². The first-order chi connectivity index (χ1) is 11.8. The minimum absolute atomic E-state index is 0.153. The van der Waals surface area contributed by atoms with E-state index in [4.69, 9.17) is 4.74 Å². The Morgan fingerprint density at radius 3 is 3.08 bits per heavy atom. The van der Waals surface area contributed by atoms with Crippen molar-refractivity contribution in [3.8, 4) is 16.9 Å². The van der Waals surface area contributed by atoms with Crippen molar-refractivity contribution in [2.45, 2.75) is 18.9 Å². The molecule has 1 aliphatic heterocycles. The lowest BCUT2D eigenvalue weighted by atomic mass is 10.1. The first-order valence-corrected chi connectivity index (χ1v) is 8.16. The lowest BCUT2D eigenvalue weighted by Crippen LogP contribution is -2.33. The van der Waals surface area contributed by atoms with Gasteiger partial charge in [0.1, 0.15) is 11.6 Å². The molecule has 4 rings (SSSR count). The van der Waals surface area contributed by atoms with E-state index in [0.29, 0.717) is 0 Å². The van der Waals surface area contributed by atoms with Crippen molar-refractivity contribution in [1.82, 2.24) is 14.6 Å². The first-order valence-electron chi connectivity index (χ1n) is 8.16. The number of aromatic nitrogens is 3. The largest absolute Gasteiger partial charge is 0.497 e. The Kier molecular flexibility index (Phi) is 3.82. The fraction of sp³-hybridized carbons (Fsp3) is 0.333. The van der Waals surface area contributed by atoms with E-state index in [1.807, 2.05) is 47.2 Å². The topological polar surface area (TPSA) is 62.9 Å². The van der Waals surface area contributed by atoms with Crippen molar-refractivity contribution in [2.75, 3.05) is 25.2 Å². The van der Waals surface area contributed by atoms with Gasteiger partial charge in [-0.15, -0.1) is 0 Å². The lowest BCUT2D eigenvalue weighted by Gasteiger charge is -2.25. The number of rotatable bonds is 4. The number of hydrogen-bond donors (Lipinski definition) is 1. The predicted octanol–water partition coefficient (Wildman–Crippen LogP) is 2.37. The van der Waals surface area contributed by atoms with E-state index in [1.165, 1.54) is 0 Å². The molecule has 0 aliphatic carbocycles. The number of anilines is 1. The van der Waals surface area contributed by atoms with Gasteiger partial charge < -0.3 is 14.7 Å². The van der Waals surface area contributed by atoms with Crippen molar-refractivity contribution < 1.29 is 9.84 Å². The number of aliphatic hydroxyl groups is 1. The molecule has 1 atom stereocenters. The van der Waals surface area contributed by atoms with Gasteiger partial charge in [0.05, 0.1) is 26.0 Å². The highest BCUT2D eigenvalue weighted by atomic mass is 16.5. The first kappa shape index (κ1) is 15.0. The molecule has 1 N–H and O–H groups in total. The number of fused-ring (bicyclic) bond motifs is 1. The molecule has 0 amide bonds. The van der Waals surface area contributed by atoms with Crippen LogP contribution in [-0.2, 0) is 0 Å². The monoisotopic (exact) mass is 324 g/mol. The predicted molar refractivity (Wildman–Crippen MR) is 92.4 cm³/mol. The summed E-state index contributed by atoms with van der Waals surface area (Å²) in [7, 11) is 1.66. The molecule has 24 heavy (non-hydrogen) atoms. The second-order valence-corrected chi connectivity index (χ2v) is 6.00. The molecule has 6 nitrogen and oxygen atoms in total. The van der Waals surface area contributed by atoms with Gasteiger partial charge in [0.15, 0.2) is 5.65 Å². The maximum atomic E-state index is 9.61. The second kappa shape index (κ2) is 6.13. The number of benzene rings is 1. The van der Waals surface area contributed by atoms with Crippen LogP contribution in [0, 0.1) is 0 Å². The highest BCUT2D eigenvalue weighted by Crippen LogP contribution is 2.30. The fourth-order valence-corrected chi connectivity index (χ4v) is 3.42. The third kappa shape index (κ3) is 2.39. The molecule has 1 aliphatic rings. The van der Waals surface area contributed by atoms with Gasteiger partial charge in [0.2, 0.25) is 0 Å². The average Bonchev–Trinajstić information content (AvgIpc) is 3.28. The highest BCUT2D eigenvalue weighted by Gasteiger charge is 2.26. The van der Waals surface area contributed by atoms with E-state index >= 15 is 0 Å².